The molecule has 0 bridgehead atoms. The summed E-state index contributed by atoms with van der Waals surface area (Å²) in [6, 6.07) is 12.4. The van der Waals surface area contributed by atoms with Crippen LogP contribution in [0.3, 0.4) is 0 Å². The minimum Gasteiger partial charge on any atom is -0.493 e. The highest BCUT2D eigenvalue weighted by molar-refractivity contribution is 6.09. The monoisotopic (exact) mass is 394 g/mol. The number of nitrogens with one attached hydrogen (secondary N) is 1. The highest BCUT2D eigenvalue weighted by Crippen LogP contribution is 2.31. The molecule has 2 amide bonds. The number of carbonyl (C=O) groups is 2. The van der Waals surface area contributed by atoms with E-state index in [1.165, 1.54) is 16.8 Å². The number of para-hydroxylation sites is 2. The average Bonchev–Trinajstić information content (AvgIpc) is 3.20. The Labute approximate surface area is 166 Å². The zero-order valence-corrected chi connectivity index (χ0v) is 15.8. The Morgan fingerprint density at radius 3 is 2.72 bits per heavy atom. The van der Waals surface area contributed by atoms with Crippen molar-refractivity contribution in [1.29, 1.82) is 0 Å². The third-order valence-corrected chi connectivity index (χ3v) is 4.44. The molecule has 3 aromatic rings. The van der Waals surface area contributed by atoms with Crippen LogP contribution in [0.25, 0.3) is 11.4 Å². The Kier molecular flexibility index (Phi) is 4.82. The largest absolute Gasteiger partial charge is 0.493 e. The van der Waals surface area contributed by atoms with E-state index in [4.69, 9.17) is 9.47 Å². The van der Waals surface area contributed by atoms with Gasteiger partial charge in [-0.05, 0) is 35.5 Å². The molecule has 148 valence electrons. The van der Waals surface area contributed by atoms with Crippen LogP contribution in [0.5, 0.6) is 11.5 Å². The maximum Gasteiger partial charge on any atom is 0.251 e. The highest BCUT2D eigenvalue weighted by atomic mass is 16.5. The molecule has 0 fully saturated rings. The first-order valence-corrected chi connectivity index (χ1v) is 8.78. The van der Waals surface area contributed by atoms with Crippen LogP contribution in [0.2, 0.25) is 0 Å². The van der Waals surface area contributed by atoms with E-state index < -0.39 is 0 Å². The molecule has 2 aromatic carbocycles. The van der Waals surface area contributed by atoms with Gasteiger partial charge in [0.2, 0.25) is 11.7 Å². The fourth-order valence-corrected chi connectivity index (χ4v) is 3.06. The Balaban J connectivity index is 1.54. The topological polar surface area (TPSA) is 111 Å². The number of methoxy groups -OCH3 is 2. The van der Waals surface area contributed by atoms with Crippen molar-refractivity contribution in [2.45, 2.75) is 6.54 Å². The average molecular weight is 394 g/mol. The van der Waals surface area contributed by atoms with Gasteiger partial charge in [-0.15, -0.1) is 10.2 Å². The van der Waals surface area contributed by atoms with Crippen LogP contribution in [0.1, 0.15) is 0 Å². The molecule has 0 radical (unpaired) electrons. The third kappa shape index (κ3) is 3.59. The van der Waals surface area contributed by atoms with E-state index in [2.05, 4.69) is 20.7 Å². The SMILES string of the molecule is COc1ccc(-c2nnn(CC(=O)N3CC(=O)Nc4ccccc43)n2)cc1OC. The molecule has 0 aliphatic carbocycles. The standard InChI is InChI=1S/C19H18N6O4/c1-28-15-8-7-12(9-16(15)29-2)19-21-23-25(22-19)11-18(27)24-10-17(26)20-13-5-3-4-6-14(13)24/h3-9H,10-11H2,1-2H3,(H,20,26). The van der Waals surface area contributed by atoms with Gasteiger partial charge in [-0.2, -0.15) is 4.80 Å². The number of tetrazole rings is 1. The van der Waals surface area contributed by atoms with Gasteiger partial charge in [0.15, 0.2) is 11.5 Å². The van der Waals surface area contributed by atoms with Gasteiger partial charge in [0.05, 0.1) is 25.6 Å². The third-order valence-electron chi connectivity index (χ3n) is 4.44. The number of benzene rings is 2. The van der Waals surface area contributed by atoms with Crippen molar-refractivity contribution >= 4 is 23.2 Å². The molecule has 0 saturated carbocycles. The van der Waals surface area contributed by atoms with Crippen LogP contribution in [-0.2, 0) is 16.1 Å². The zero-order valence-electron chi connectivity index (χ0n) is 15.8. The van der Waals surface area contributed by atoms with Crippen molar-refractivity contribution in [2.24, 2.45) is 0 Å². The van der Waals surface area contributed by atoms with Crippen molar-refractivity contribution in [3.63, 3.8) is 0 Å². The summed E-state index contributed by atoms with van der Waals surface area (Å²) in [4.78, 5) is 27.3. The number of anilines is 2. The van der Waals surface area contributed by atoms with Crippen molar-refractivity contribution in [3.8, 4) is 22.9 Å². The van der Waals surface area contributed by atoms with Gasteiger partial charge in [0, 0.05) is 5.56 Å². The predicted octanol–water partition coefficient (Wildman–Crippen LogP) is 1.34. The minimum absolute atomic E-state index is 0.0624. The second-order valence-corrected chi connectivity index (χ2v) is 6.26. The lowest BCUT2D eigenvalue weighted by atomic mass is 10.2. The first-order chi connectivity index (χ1) is 14.1. The highest BCUT2D eigenvalue weighted by Gasteiger charge is 2.27. The second kappa shape index (κ2) is 7.58. The molecular formula is C19H18N6O4. The number of amides is 2. The lowest BCUT2D eigenvalue weighted by Crippen LogP contribution is -2.43. The molecule has 10 nitrogen and oxygen atoms in total. The Bertz CT molecular complexity index is 1080. The fourth-order valence-electron chi connectivity index (χ4n) is 3.06. The molecule has 29 heavy (non-hydrogen) atoms. The summed E-state index contributed by atoms with van der Waals surface area (Å²) in [5.74, 6) is 0.892. The molecule has 1 aromatic heterocycles. The number of hydrogen-bond donors (Lipinski definition) is 1. The van der Waals surface area contributed by atoms with Crippen LogP contribution in [0, 0.1) is 0 Å². The Morgan fingerprint density at radius 1 is 1.14 bits per heavy atom. The summed E-state index contributed by atoms with van der Waals surface area (Å²) >= 11 is 0. The normalized spacial score (nSPS) is 12.9. The van der Waals surface area contributed by atoms with Crippen LogP contribution in [-0.4, -0.2) is 52.8 Å². The number of hydrogen-bond acceptors (Lipinski definition) is 7. The van der Waals surface area contributed by atoms with Crippen molar-refractivity contribution in [1.82, 2.24) is 20.2 Å². The summed E-state index contributed by atoms with van der Waals surface area (Å²) in [6.45, 7) is -0.213. The number of fused-ring (bicyclic) bond motifs is 1. The number of aromatic nitrogens is 4. The molecule has 2 heterocycles. The first kappa shape index (κ1) is 18.4. The van der Waals surface area contributed by atoms with Crippen LogP contribution in [0.15, 0.2) is 42.5 Å². The van der Waals surface area contributed by atoms with E-state index in [1.807, 2.05) is 0 Å². The lowest BCUT2D eigenvalue weighted by Gasteiger charge is -2.28. The van der Waals surface area contributed by atoms with Crippen molar-refractivity contribution in [3.05, 3.63) is 42.5 Å². The Hall–Kier alpha value is -3.95. The predicted molar refractivity (Wildman–Crippen MR) is 104 cm³/mol. The van der Waals surface area contributed by atoms with E-state index in [0.717, 1.165) is 0 Å². The molecule has 10 heteroatoms. The zero-order chi connectivity index (χ0) is 20.4. The molecule has 1 N–H and O–H groups in total. The fraction of sp³-hybridized carbons (Fsp3) is 0.211. The molecule has 0 saturated heterocycles. The van der Waals surface area contributed by atoms with E-state index in [-0.39, 0.29) is 24.9 Å². The summed E-state index contributed by atoms with van der Waals surface area (Å²) in [5.41, 5.74) is 1.90. The van der Waals surface area contributed by atoms with E-state index >= 15 is 0 Å². The van der Waals surface area contributed by atoms with Crippen LogP contribution >= 0.6 is 0 Å². The summed E-state index contributed by atoms with van der Waals surface area (Å²) in [7, 11) is 3.09. The minimum atomic E-state index is -0.316. The van der Waals surface area contributed by atoms with Crippen molar-refractivity contribution < 1.29 is 19.1 Å². The van der Waals surface area contributed by atoms with Gasteiger partial charge in [-0.1, -0.05) is 12.1 Å². The van der Waals surface area contributed by atoms with Crippen LogP contribution in [0.4, 0.5) is 11.4 Å². The molecule has 4 rings (SSSR count). The summed E-state index contributed by atoms with van der Waals surface area (Å²) < 4.78 is 10.5. The lowest BCUT2D eigenvalue weighted by molar-refractivity contribution is -0.122. The maximum atomic E-state index is 12.8. The molecular weight excluding hydrogens is 376 g/mol. The molecule has 0 atom stereocenters. The number of carbonyl (C=O) groups excluding carboxylic acids is 2. The van der Waals surface area contributed by atoms with Gasteiger partial charge in [-0.25, -0.2) is 0 Å². The van der Waals surface area contributed by atoms with Gasteiger partial charge in [-0.3, -0.25) is 14.5 Å². The molecule has 0 unspecified atom stereocenters. The smallest absolute Gasteiger partial charge is 0.251 e. The van der Waals surface area contributed by atoms with Gasteiger partial charge < -0.3 is 14.8 Å². The molecule has 1 aliphatic heterocycles. The number of ether oxygens (including phenoxy) is 2. The molecule has 0 spiro atoms. The summed E-state index contributed by atoms with van der Waals surface area (Å²) in [6.07, 6.45) is 0. The Morgan fingerprint density at radius 2 is 1.93 bits per heavy atom. The number of nitrogens with zero attached hydrogens (tertiary/aromatic N) is 5. The number of rotatable bonds is 5. The maximum absolute atomic E-state index is 12.8. The van der Waals surface area contributed by atoms with E-state index in [9.17, 15) is 9.59 Å². The van der Waals surface area contributed by atoms with Crippen LogP contribution < -0.4 is 19.7 Å². The van der Waals surface area contributed by atoms with Gasteiger partial charge in [0.1, 0.15) is 13.1 Å². The summed E-state index contributed by atoms with van der Waals surface area (Å²) in [5, 5.41) is 15.0. The van der Waals surface area contributed by atoms with E-state index in [0.29, 0.717) is 34.3 Å². The van der Waals surface area contributed by atoms with E-state index in [1.54, 1.807) is 49.6 Å². The van der Waals surface area contributed by atoms with Gasteiger partial charge in [0.25, 0.3) is 5.91 Å². The first-order valence-electron chi connectivity index (χ1n) is 8.78. The van der Waals surface area contributed by atoms with Crippen molar-refractivity contribution in [2.75, 3.05) is 31.0 Å². The quantitative estimate of drug-likeness (QED) is 0.695. The second-order valence-electron chi connectivity index (χ2n) is 6.26. The van der Waals surface area contributed by atoms with Gasteiger partial charge >= 0.3 is 0 Å². The molecule has 1 aliphatic rings.